The lowest BCUT2D eigenvalue weighted by molar-refractivity contribution is 0.0947. The molecule has 3 aromatic rings. The number of benzene rings is 1. The lowest BCUT2D eigenvalue weighted by Gasteiger charge is -2.08. The predicted molar refractivity (Wildman–Crippen MR) is 99.5 cm³/mol. The van der Waals surface area contributed by atoms with Crippen molar-refractivity contribution in [2.75, 3.05) is 6.26 Å². The SMILES string of the molecule is CSc1ncccc1C(=O)NCc1ccc(-c2nc(C)cs2)cc1. The summed E-state index contributed by atoms with van der Waals surface area (Å²) in [7, 11) is 0. The summed E-state index contributed by atoms with van der Waals surface area (Å²) in [6.07, 6.45) is 3.61. The number of pyridine rings is 1. The maximum absolute atomic E-state index is 12.3. The molecule has 0 aliphatic heterocycles. The predicted octanol–water partition coefficient (Wildman–Crippen LogP) is 4.17. The lowest BCUT2D eigenvalue weighted by Crippen LogP contribution is -2.23. The molecule has 0 fully saturated rings. The van der Waals surface area contributed by atoms with E-state index in [-0.39, 0.29) is 5.91 Å². The summed E-state index contributed by atoms with van der Waals surface area (Å²) < 4.78 is 0. The second-order valence-corrected chi connectivity index (χ2v) is 6.89. The molecule has 4 nitrogen and oxygen atoms in total. The highest BCUT2D eigenvalue weighted by molar-refractivity contribution is 7.98. The number of thiazole rings is 1. The van der Waals surface area contributed by atoms with Gasteiger partial charge < -0.3 is 5.32 Å². The molecule has 1 N–H and O–H groups in total. The maximum Gasteiger partial charge on any atom is 0.254 e. The number of nitrogens with zero attached hydrogens (tertiary/aromatic N) is 2. The summed E-state index contributed by atoms with van der Waals surface area (Å²) in [5.41, 5.74) is 3.79. The number of aromatic nitrogens is 2. The van der Waals surface area contributed by atoms with Crippen LogP contribution in [0.4, 0.5) is 0 Å². The van der Waals surface area contributed by atoms with Crippen LogP contribution in [-0.2, 0) is 6.54 Å². The first-order valence-corrected chi connectivity index (χ1v) is 9.56. The van der Waals surface area contributed by atoms with Gasteiger partial charge in [0.25, 0.3) is 5.91 Å². The van der Waals surface area contributed by atoms with Gasteiger partial charge in [0, 0.05) is 29.4 Å². The fraction of sp³-hybridized carbons (Fsp3) is 0.167. The van der Waals surface area contributed by atoms with Crippen LogP contribution in [0.3, 0.4) is 0 Å². The number of carbonyl (C=O) groups excluding carboxylic acids is 1. The molecule has 0 atom stereocenters. The monoisotopic (exact) mass is 355 g/mol. The highest BCUT2D eigenvalue weighted by atomic mass is 32.2. The van der Waals surface area contributed by atoms with Crippen molar-refractivity contribution in [3.05, 3.63) is 64.8 Å². The number of nitrogens with one attached hydrogen (secondary N) is 1. The van der Waals surface area contributed by atoms with Crippen molar-refractivity contribution >= 4 is 29.0 Å². The van der Waals surface area contributed by atoms with E-state index in [2.05, 4.69) is 15.3 Å². The van der Waals surface area contributed by atoms with Crippen molar-refractivity contribution in [2.45, 2.75) is 18.5 Å². The smallest absolute Gasteiger partial charge is 0.254 e. The van der Waals surface area contributed by atoms with Crippen molar-refractivity contribution in [3.8, 4) is 10.6 Å². The molecule has 0 saturated heterocycles. The largest absolute Gasteiger partial charge is 0.348 e. The van der Waals surface area contributed by atoms with Crippen molar-refractivity contribution in [2.24, 2.45) is 0 Å². The highest BCUT2D eigenvalue weighted by Crippen LogP contribution is 2.23. The second kappa shape index (κ2) is 7.59. The minimum absolute atomic E-state index is 0.105. The molecule has 0 radical (unpaired) electrons. The van der Waals surface area contributed by atoms with E-state index in [9.17, 15) is 4.79 Å². The molecule has 0 bridgehead atoms. The fourth-order valence-corrected chi connectivity index (χ4v) is 3.61. The van der Waals surface area contributed by atoms with E-state index in [1.165, 1.54) is 11.8 Å². The minimum atomic E-state index is -0.105. The average Bonchev–Trinajstić information content (AvgIpc) is 3.06. The van der Waals surface area contributed by atoms with Crippen LogP contribution >= 0.6 is 23.1 Å². The van der Waals surface area contributed by atoms with Crippen LogP contribution in [0.15, 0.2) is 53.0 Å². The summed E-state index contributed by atoms with van der Waals surface area (Å²) in [5.74, 6) is -0.105. The summed E-state index contributed by atoms with van der Waals surface area (Å²) in [6.45, 7) is 2.48. The molecule has 2 aromatic heterocycles. The van der Waals surface area contributed by atoms with E-state index in [4.69, 9.17) is 0 Å². The first-order valence-electron chi connectivity index (χ1n) is 7.46. The summed E-state index contributed by atoms with van der Waals surface area (Å²) >= 11 is 3.11. The molecule has 0 aliphatic carbocycles. The van der Waals surface area contributed by atoms with E-state index in [0.29, 0.717) is 12.1 Å². The Kier molecular flexibility index (Phi) is 5.27. The van der Waals surface area contributed by atoms with Crippen molar-refractivity contribution in [1.29, 1.82) is 0 Å². The third-order valence-corrected chi connectivity index (χ3v) is 5.20. The highest BCUT2D eigenvalue weighted by Gasteiger charge is 2.11. The third kappa shape index (κ3) is 3.83. The van der Waals surface area contributed by atoms with Gasteiger partial charge in [-0.25, -0.2) is 9.97 Å². The van der Waals surface area contributed by atoms with Crippen molar-refractivity contribution in [1.82, 2.24) is 15.3 Å². The van der Waals surface area contributed by atoms with Crippen LogP contribution in [0.1, 0.15) is 21.6 Å². The molecule has 3 rings (SSSR count). The number of aryl methyl sites for hydroxylation is 1. The molecule has 0 spiro atoms. The van der Waals surface area contributed by atoms with E-state index >= 15 is 0 Å². The molecular weight excluding hydrogens is 338 g/mol. The standard InChI is InChI=1S/C18H17N3OS2/c1-12-11-24-17(21-12)14-7-5-13(6-8-14)10-20-16(22)15-4-3-9-19-18(15)23-2/h3-9,11H,10H2,1-2H3,(H,20,22). The zero-order valence-corrected chi connectivity index (χ0v) is 15.1. The maximum atomic E-state index is 12.3. The molecule has 2 heterocycles. The Morgan fingerprint density at radius 1 is 1.25 bits per heavy atom. The number of hydrogen-bond acceptors (Lipinski definition) is 5. The summed E-state index contributed by atoms with van der Waals surface area (Å²) in [4.78, 5) is 21.0. The van der Waals surface area contributed by atoms with Gasteiger partial charge in [0.05, 0.1) is 5.56 Å². The molecular formula is C18H17N3OS2. The normalized spacial score (nSPS) is 10.6. The number of amides is 1. The molecule has 1 amide bonds. The van der Waals surface area contributed by atoms with E-state index in [1.54, 1.807) is 29.7 Å². The topological polar surface area (TPSA) is 54.9 Å². The van der Waals surface area contributed by atoms with Gasteiger partial charge in [0.15, 0.2) is 0 Å². The van der Waals surface area contributed by atoms with Gasteiger partial charge in [0.1, 0.15) is 10.0 Å². The number of carbonyl (C=O) groups is 1. The first kappa shape index (κ1) is 16.7. The minimum Gasteiger partial charge on any atom is -0.348 e. The second-order valence-electron chi connectivity index (χ2n) is 5.23. The van der Waals surface area contributed by atoms with E-state index in [1.807, 2.05) is 42.8 Å². The van der Waals surface area contributed by atoms with Crippen LogP contribution in [0.2, 0.25) is 0 Å². The quantitative estimate of drug-likeness (QED) is 0.698. The average molecular weight is 355 g/mol. The molecule has 0 unspecified atom stereocenters. The van der Waals surface area contributed by atoms with Crippen molar-refractivity contribution < 1.29 is 4.79 Å². The molecule has 24 heavy (non-hydrogen) atoms. The van der Waals surface area contributed by atoms with Gasteiger partial charge in [0.2, 0.25) is 0 Å². The van der Waals surface area contributed by atoms with Gasteiger partial charge in [-0.3, -0.25) is 4.79 Å². The lowest BCUT2D eigenvalue weighted by atomic mass is 10.1. The van der Waals surface area contributed by atoms with Crippen LogP contribution in [0, 0.1) is 6.92 Å². The molecule has 6 heteroatoms. The summed E-state index contributed by atoms with van der Waals surface area (Å²) in [5, 5.41) is 6.75. The van der Waals surface area contributed by atoms with Gasteiger partial charge >= 0.3 is 0 Å². The van der Waals surface area contributed by atoms with Crippen LogP contribution in [0.5, 0.6) is 0 Å². The van der Waals surface area contributed by atoms with Crippen LogP contribution in [-0.4, -0.2) is 22.1 Å². The Bertz CT molecular complexity index is 843. The van der Waals surface area contributed by atoms with Gasteiger partial charge in [-0.1, -0.05) is 24.3 Å². The molecule has 0 saturated carbocycles. The van der Waals surface area contributed by atoms with E-state index in [0.717, 1.165) is 26.9 Å². The van der Waals surface area contributed by atoms with Crippen LogP contribution < -0.4 is 5.32 Å². The first-order chi connectivity index (χ1) is 11.7. The van der Waals surface area contributed by atoms with E-state index < -0.39 is 0 Å². The number of rotatable bonds is 5. The Labute approximate surface area is 149 Å². The van der Waals surface area contributed by atoms with Crippen LogP contribution in [0.25, 0.3) is 10.6 Å². The van der Waals surface area contributed by atoms with Gasteiger partial charge in [-0.15, -0.1) is 23.1 Å². The zero-order valence-electron chi connectivity index (χ0n) is 13.4. The third-order valence-electron chi connectivity index (χ3n) is 3.48. The number of thioether (sulfide) groups is 1. The van der Waals surface area contributed by atoms with Gasteiger partial charge in [-0.05, 0) is 30.9 Å². The van der Waals surface area contributed by atoms with Crippen molar-refractivity contribution in [3.63, 3.8) is 0 Å². The fourth-order valence-electron chi connectivity index (χ4n) is 2.26. The molecule has 122 valence electrons. The Morgan fingerprint density at radius 3 is 2.71 bits per heavy atom. The zero-order chi connectivity index (χ0) is 16.9. The Morgan fingerprint density at radius 2 is 2.04 bits per heavy atom. The molecule has 0 aliphatic rings. The summed E-state index contributed by atoms with van der Waals surface area (Å²) in [6, 6.07) is 11.7. The Balaban J connectivity index is 1.65. The number of hydrogen-bond donors (Lipinski definition) is 1. The van der Waals surface area contributed by atoms with Gasteiger partial charge in [-0.2, -0.15) is 0 Å². The molecule has 1 aromatic carbocycles. The Hall–Kier alpha value is -2.18.